The number of ether oxygens (including phenoxy) is 4. The third-order valence-electron chi connectivity index (χ3n) is 6.97. The molecular weight excluding hydrogens is 574 g/mol. The Balaban J connectivity index is 1.84. The number of hydrogen-bond acceptors (Lipinski definition) is 7. The van der Waals surface area contributed by atoms with Crippen molar-refractivity contribution in [2.75, 3.05) is 14.2 Å². The van der Waals surface area contributed by atoms with E-state index < -0.39 is 29.9 Å². The SMILES string of the molecule is COc1ccc(CN(Cc2ccc(OC)cc2)C(=O)[C@H](CCCC(Cc2ccccc2)OC(N)=O)NC(=O)OC(C)(C)C)cc1. The molecule has 1 unspecified atom stereocenters. The molecule has 0 saturated heterocycles. The number of nitrogens with two attached hydrogens (primary N) is 1. The largest absolute Gasteiger partial charge is 0.497 e. The average molecular weight is 620 g/mol. The second-order valence-electron chi connectivity index (χ2n) is 11.8. The van der Waals surface area contributed by atoms with Gasteiger partial charge in [0.2, 0.25) is 5.91 Å². The fourth-order valence-electron chi connectivity index (χ4n) is 4.84. The van der Waals surface area contributed by atoms with Gasteiger partial charge < -0.3 is 34.9 Å². The smallest absolute Gasteiger partial charge is 0.408 e. The van der Waals surface area contributed by atoms with Crippen LogP contribution < -0.4 is 20.5 Å². The number of carbonyl (C=O) groups is 3. The summed E-state index contributed by atoms with van der Waals surface area (Å²) in [5.74, 6) is 1.14. The van der Waals surface area contributed by atoms with E-state index in [-0.39, 0.29) is 12.3 Å². The Morgan fingerprint density at radius 3 is 1.78 bits per heavy atom. The first-order valence-corrected chi connectivity index (χ1v) is 15.0. The van der Waals surface area contributed by atoms with Crippen molar-refractivity contribution in [1.82, 2.24) is 10.2 Å². The molecule has 3 amide bonds. The number of amides is 3. The molecule has 0 bridgehead atoms. The highest BCUT2D eigenvalue weighted by molar-refractivity contribution is 5.85. The van der Waals surface area contributed by atoms with Crippen LogP contribution in [-0.4, -0.2) is 55.0 Å². The number of carbonyl (C=O) groups excluding carboxylic acids is 3. The zero-order valence-corrected chi connectivity index (χ0v) is 26.8. The summed E-state index contributed by atoms with van der Waals surface area (Å²) in [5.41, 5.74) is 7.40. The van der Waals surface area contributed by atoms with Gasteiger partial charge in [0.1, 0.15) is 29.2 Å². The summed E-state index contributed by atoms with van der Waals surface area (Å²) in [4.78, 5) is 40.5. The molecule has 0 radical (unpaired) electrons. The second kappa shape index (κ2) is 16.9. The summed E-state index contributed by atoms with van der Waals surface area (Å²) in [6.07, 6.45) is -0.373. The molecule has 45 heavy (non-hydrogen) atoms. The minimum absolute atomic E-state index is 0.275. The summed E-state index contributed by atoms with van der Waals surface area (Å²) < 4.78 is 21.5. The number of methoxy groups -OCH3 is 2. The maximum Gasteiger partial charge on any atom is 0.408 e. The van der Waals surface area contributed by atoms with Crippen molar-refractivity contribution in [3.05, 3.63) is 95.6 Å². The van der Waals surface area contributed by atoms with Crippen LogP contribution in [-0.2, 0) is 33.8 Å². The van der Waals surface area contributed by atoms with Gasteiger partial charge in [-0.15, -0.1) is 0 Å². The number of primary amides is 1. The Kier molecular flexibility index (Phi) is 13.1. The van der Waals surface area contributed by atoms with Gasteiger partial charge in [-0.3, -0.25) is 4.79 Å². The number of benzene rings is 3. The van der Waals surface area contributed by atoms with E-state index in [4.69, 9.17) is 24.7 Å². The quantitative estimate of drug-likeness (QED) is 0.213. The number of alkyl carbamates (subject to hydrolysis) is 1. The Morgan fingerprint density at radius 1 is 0.778 bits per heavy atom. The molecule has 0 spiro atoms. The molecule has 10 heteroatoms. The van der Waals surface area contributed by atoms with Gasteiger partial charge in [-0.2, -0.15) is 0 Å². The van der Waals surface area contributed by atoms with E-state index in [1.54, 1.807) is 39.9 Å². The van der Waals surface area contributed by atoms with Crippen molar-refractivity contribution in [1.29, 1.82) is 0 Å². The van der Waals surface area contributed by atoms with Gasteiger partial charge in [-0.05, 0) is 81.0 Å². The molecule has 3 rings (SSSR count). The van der Waals surface area contributed by atoms with Crippen LogP contribution in [0.25, 0.3) is 0 Å². The van der Waals surface area contributed by atoms with Gasteiger partial charge in [0.15, 0.2) is 0 Å². The Bertz CT molecular complexity index is 1310. The summed E-state index contributed by atoms with van der Waals surface area (Å²) >= 11 is 0. The fraction of sp³-hybridized carbons (Fsp3) is 0.400. The maximum absolute atomic E-state index is 14.2. The molecule has 0 heterocycles. The van der Waals surface area contributed by atoms with Crippen molar-refractivity contribution in [3.8, 4) is 11.5 Å². The molecule has 242 valence electrons. The lowest BCUT2D eigenvalue weighted by atomic mass is 10.0. The van der Waals surface area contributed by atoms with E-state index in [1.165, 1.54) is 0 Å². The maximum atomic E-state index is 14.2. The van der Waals surface area contributed by atoms with Gasteiger partial charge in [-0.25, -0.2) is 9.59 Å². The monoisotopic (exact) mass is 619 g/mol. The minimum atomic E-state index is -0.901. The van der Waals surface area contributed by atoms with Crippen molar-refractivity contribution < 1.29 is 33.3 Å². The highest BCUT2D eigenvalue weighted by atomic mass is 16.6. The Labute approximate surface area is 265 Å². The number of hydrogen-bond donors (Lipinski definition) is 2. The van der Waals surface area contributed by atoms with Crippen LogP contribution in [0.15, 0.2) is 78.9 Å². The van der Waals surface area contributed by atoms with Crippen LogP contribution in [0.2, 0.25) is 0 Å². The highest BCUT2D eigenvalue weighted by Gasteiger charge is 2.29. The number of rotatable bonds is 15. The van der Waals surface area contributed by atoms with Gasteiger partial charge in [0.05, 0.1) is 14.2 Å². The van der Waals surface area contributed by atoms with Crippen LogP contribution >= 0.6 is 0 Å². The molecule has 0 fully saturated rings. The molecule has 0 aliphatic rings. The van der Waals surface area contributed by atoms with E-state index in [9.17, 15) is 14.4 Å². The lowest BCUT2D eigenvalue weighted by molar-refractivity contribution is -0.135. The first-order valence-electron chi connectivity index (χ1n) is 15.0. The zero-order valence-electron chi connectivity index (χ0n) is 26.8. The van der Waals surface area contributed by atoms with Crippen molar-refractivity contribution in [2.24, 2.45) is 5.73 Å². The molecule has 3 aromatic carbocycles. The molecule has 3 N–H and O–H groups in total. The molecule has 2 atom stereocenters. The van der Waals surface area contributed by atoms with E-state index in [0.29, 0.717) is 43.9 Å². The van der Waals surface area contributed by atoms with Crippen LogP contribution in [0.3, 0.4) is 0 Å². The fourth-order valence-corrected chi connectivity index (χ4v) is 4.84. The Morgan fingerprint density at radius 2 is 1.31 bits per heavy atom. The van der Waals surface area contributed by atoms with Crippen LogP contribution in [0.5, 0.6) is 11.5 Å². The van der Waals surface area contributed by atoms with E-state index in [2.05, 4.69) is 5.32 Å². The van der Waals surface area contributed by atoms with Crippen molar-refractivity contribution in [3.63, 3.8) is 0 Å². The molecule has 10 nitrogen and oxygen atoms in total. The topological polar surface area (TPSA) is 129 Å². The van der Waals surface area contributed by atoms with Crippen LogP contribution in [0.1, 0.15) is 56.7 Å². The summed E-state index contributed by atoms with van der Waals surface area (Å²) in [6, 6.07) is 23.7. The molecule has 3 aromatic rings. The summed E-state index contributed by atoms with van der Waals surface area (Å²) in [7, 11) is 3.20. The van der Waals surface area contributed by atoms with Crippen LogP contribution in [0, 0.1) is 0 Å². The summed E-state index contributed by atoms with van der Waals surface area (Å²) in [6.45, 7) is 5.88. The Hall–Kier alpha value is -4.73. The first kappa shape index (κ1) is 34.8. The van der Waals surface area contributed by atoms with E-state index in [0.717, 1.165) is 16.7 Å². The lowest BCUT2D eigenvalue weighted by Crippen LogP contribution is -2.49. The average Bonchev–Trinajstić information content (AvgIpc) is 3.00. The third-order valence-corrected chi connectivity index (χ3v) is 6.97. The van der Waals surface area contributed by atoms with Gasteiger partial charge in [-0.1, -0.05) is 54.6 Å². The first-order chi connectivity index (χ1) is 21.5. The van der Waals surface area contributed by atoms with Gasteiger partial charge in [0.25, 0.3) is 0 Å². The highest BCUT2D eigenvalue weighted by Crippen LogP contribution is 2.20. The molecule has 0 saturated carbocycles. The molecular formula is C35H45N3O7. The standard InChI is InChI=1S/C35H45N3O7/c1-35(2,3)45-34(41)37-31(13-9-12-30(44-33(36)40)22-25-10-7-6-8-11-25)32(39)38(23-26-14-18-28(42-4)19-15-26)24-27-16-20-29(43-5)21-17-27/h6-8,10-11,14-21,30-31H,9,12-13,22-24H2,1-5H3,(H2,36,40)(H,37,41)/t30?,31-/m0/s1. The van der Waals surface area contributed by atoms with E-state index >= 15 is 0 Å². The van der Waals surface area contributed by atoms with Gasteiger partial charge >= 0.3 is 12.2 Å². The normalized spacial score (nSPS) is 12.4. The van der Waals surface area contributed by atoms with Gasteiger partial charge in [0, 0.05) is 19.5 Å². The lowest BCUT2D eigenvalue weighted by Gasteiger charge is -2.29. The van der Waals surface area contributed by atoms with Crippen molar-refractivity contribution in [2.45, 2.75) is 77.3 Å². The van der Waals surface area contributed by atoms with Crippen molar-refractivity contribution >= 4 is 18.1 Å². The second-order valence-corrected chi connectivity index (χ2v) is 11.8. The third kappa shape index (κ3) is 12.4. The van der Waals surface area contributed by atoms with Crippen LogP contribution in [0.4, 0.5) is 9.59 Å². The summed E-state index contributed by atoms with van der Waals surface area (Å²) in [5, 5.41) is 2.80. The number of nitrogens with one attached hydrogen (secondary N) is 1. The zero-order chi connectivity index (χ0) is 32.8. The number of nitrogens with zero attached hydrogens (tertiary/aromatic N) is 1. The van der Waals surface area contributed by atoms with E-state index in [1.807, 2.05) is 78.9 Å². The minimum Gasteiger partial charge on any atom is -0.497 e. The predicted molar refractivity (Wildman–Crippen MR) is 172 cm³/mol. The molecule has 0 aromatic heterocycles. The molecule has 0 aliphatic carbocycles. The predicted octanol–water partition coefficient (Wildman–Crippen LogP) is 6.00. The molecule has 0 aliphatic heterocycles.